The molecule has 1 aromatic carbocycles. The Balaban J connectivity index is 1.65. The number of nitrogens with one attached hydrogen (secondary N) is 2. The van der Waals surface area contributed by atoms with Crippen molar-refractivity contribution < 1.29 is 27.8 Å². The Kier molecular flexibility index (Phi) is 3.42. The zero-order valence-electron chi connectivity index (χ0n) is 11.2. The Hall–Kier alpha value is -1.93. The molecule has 1 saturated heterocycles. The van der Waals surface area contributed by atoms with Crippen molar-refractivity contribution in [1.29, 1.82) is 0 Å². The molecule has 114 valence electrons. The van der Waals surface area contributed by atoms with Gasteiger partial charge < -0.3 is 24.8 Å². The van der Waals surface area contributed by atoms with Gasteiger partial charge in [-0.15, -0.1) is 8.78 Å². The SMILES string of the molecule is COC1CNC(C(=O)Nc2ccc3c(c2)OC(F)(F)O3)C1. The average Bonchev–Trinajstić information content (AvgIpc) is 3.00. The maximum atomic E-state index is 12.9. The smallest absolute Gasteiger partial charge is 0.395 e. The highest BCUT2D eigenvalue weighted by molar-refractivity contribution is 5.95. The van der Waals surface area contributed by atoms with Crippen molar-refractivity contribution in [2.45, 2.75) is 24.9 Å². The number of alkyl halides is 2. The van der Waals surface area contributed by atoms with E-state index in [0.717, 1.165) is 0 Å². The lowest BCUT2D eigenvalue weighted by atomic mass is 10.2. The summed E-state index contributed by atoms with van der Waals surface area (Å²) in [5.41, 5.74) is 0.364. The molecule has 2 unspecified atom stereocenters. The Morgan fingerprint density at radius 3 is 2.90 bits per heavy atom. The van der Waals surface area contributed by atoms with Gasteiger partial charge in [0, 0.05) is 25.4 Å². The summed E-state index contributed by atoms with van der Waals surface area (Å²) in [5, 5.41) is 5.68. The molecule has 0 saturated carbocycles. The van der Waals surface area contributed by atoms with Gasteiger partial charge in [-0.05, 0) is 18.6 Å². The maximum Gasteiger partial charge on any atom is 0.586 e. The van der Waals surface area contributed by atoms with Gasteiger partial charge in [0.05, 0.1) is 12.1 Å². The van der Waals surface area contributed by atoms with Crippen LogP contribution < -0.4 is 20.1 Å². The van der Waals surface area contributed by atoms with E-state index in [2.05, 4.69) is 20.1 Å². The molecule has 0 aromatic heterocycles. The number of carbonyl (C=O) groups is 1. The summed E-state index contributed by atoms with van der Waals surface area (Å²) in [5.74, 6) is -0.413. The van der Waals surface area contributed by atoms with Crippen molar-refractivity contribution in [2.75, 3.05) is 19.0 Å². The third kappa shape index (κ3) is 2.91. The van der Waals surface area contributed by atoms with Crippen molar-refractivity contribution >= 4 is 11.6 Å². The minimum atomic E-state index is -3.66. The van der Waals surface area contributed by atoms with Crippen LogP contribution >= 0.6 is 0 Å². The van der Waals surface area contributed by atoms with E-state index in [0.29, 0.717) is 18.7 Å². The molecule has 2 aliphatic rings. The zero-order chi connectivity index (χ0) is 15.0. The lowest BCUT2D eigenvalue weighted by molar-refractivity contribution is -0.286. The first-order valence-corrected chi connectivity index (χ1v) is 6.44. The molecule has 0 bridgehead atoms. The molecule has 2 aliphatic heterocycles. The number of benzene rings is 1. The topological polar surface area (TPSA) is 68.8 Å². The molecule has 0 aliphatic carbocycles. The molecule has 1 fully saturated rings. The molecule has 3 rings (SSSR count). The van der Waals surface area contributed by atoms with E-state index >= 15 is 0 Å². The van der Waals surface area contributed by atoms with Crippen LogP contribution in [0.15, 0.2) is 18.2 Å². The lowest BCUT2D eigenvalue weighted by Gasteiger charge is -2.11. The summed E-state index contributed by atoms with van der Waals surface area (Å²) in [6.07, 6.45) is -3.11. The second kappa shape index (κ2) is 5.12. The van der Waals surface area contributed by atoms with Crippen LogP contribution in [-0.4, -0.2) is 38.0 Å². The Labute approximate surface area is 119 Å². The van der Waals surface area contributed by atoms with Crippen LogP contribution in [0.3, 0.4) is 0 Å². The number of fused-ring (bicyclic) bond motifs is 1. The van der Waals surface area contributed by atoms with Crippen LogP contribution in [0.1, 0.15) is 6.42 Å². The third-order valence-corrected chi connectivity index (χ3v) is 3.41. The molecular weight excluding hydrogens is 286 g/mol. The molecule has 21 heavy (non-hydrogen) atoms. The average molecular weight is 300 g/mol. The van der Waals surface area contributed by atoms with Crippen LogP contribution in [0.2, 0.25) is 0 Å². The minimum absolute atomic E-state index is 0.00352. The van der Waals surface area contributed by atoms with Crippen LogP contribution in [0.5, 0.6) is 11.5 Å². The summed E-state index contributed by atoms with van der Waals surface area (Å²) >= 11 is 0. The predicted octanol–water partition coefficient (Wildman–Crippen LogP) is 1.32. The number of anilines is 1. The first kappa shape index (κ1) is 14.0. The van der Waals surface area contributed by atoms with E-state index in [4.69, 9.17) is 4.74 Å². The van der Waals surface area contributed by atoms with Crippen LogP contribution in [0, 0.1) is 0 Å². The molecule has 2 atom stereocenters. The summed E-state index contributed by atoms with van der Waals surface area (Å²) in [6, 6.07) is 3.73. The van der Waals surface area contributed by atoms with Gasteiger partial charge in [-0.3, -0.25) is 4.79 Å². The molecule has 2 N–H and O–H groups in total. The number of hydrogen-bond donors (Lipinski definition) is 2. The fourth-order valence-corrected chi connectivity index (χ4v) is 2.34. The van der Waals surface area contributed by atoms with Crippen molar-refractivity contribution in [3.8, 4) is 11.5 Å². The number of halogens is 2. The Morgan fingerprint density at radius 2 is 2.19 bits per heavy atom. The highest BCUT2D eigenvalue weighted by atomic mass is 19.3. The second-order valence-corrected chi connectivity index (χ2v) is 4.87. The van der Waals surface area contributed by atoms with Crippen LogP contribution in [-0.2, 0) is 9.53 Å². The van der Waals surface area contributed by atoms with Crippen LogP contribution in [0.25, 0.3) is 0 Å². The normalized spacial score (nSPS) is 25.9. The maximum absolute atomic E-state index is 12.9. The summed E-state index contributed by atoms with van der Waals surface area (Å²) in [7, 11) is 1.59. The highest BCUT2D eigenvalue weighted by Crippen LogP contribution is 2.42. The van der Waals surface area contributed by atoms with Gasteiger partial charge >= 0.3 is 6.29 Å². The van der Waals surface area contributed by atoms with Crippen LogP contribution in [0.4, 0.5) is 14.5 Å². The lowest BCUT2D eigenvalue weighted by Crippen LogP contribution is -2.35. The Morgan fingerprint density at radius 1 is 1.43 bits per heavy atom. The van der Waals surface area contributed by atoms with Crippen molar-refractivity contribution in [3.63, 3.8) is 0 Å². The summed E-state index contributed by atoms with van der Waals surface area (Å²) in [6.45, 7) is 0.599. The van der Waals surface area contributed by atoms with E-state index in [1.54, 1.807) is 7.11 Å². The number of amides is 1. The molecular formula is C13H14F2N2O4. The summed E-state index contributed by atoms with van der Waals surface area (Å²) in [4.78, 5) is 12.1. The molecule has 8 heteroatoms. The number of methoxy groups -OCH3 is 1. The quantitative estimate of drug-likeness (QED) is 0.881. The van der Waals surface area contributed by atoms with Gasteiger partial charge in [-0.2, -0.15) is 0 Å². The largest absolute Gasteiger partial charge is 0.586 e. The van der Waals surface area contributed by atoms with E-state index in [1.165, 1.54) is 18.2 Å². The zero-order valence-corrected chi connectivity index (χ0v) is 11.2. The number of hydrogen-bond acceptors (Lipinski definition) is 5. The molecule has 0 spiro atoms. The van der Waals surface area contributed by atoms with Gasteiger partial charge in [0.2, 0.25) is 5.91 Å². The van der Waals surface area contributed by atoms with E-state index in [-0.39, 0.29) is 29.6 Å². The molecule has 0 radical (unpaired) electrons. The van der Waals surface area contributed by atoms with Crippen molar-refractivity contribution in [1.82, 2.24) is 5.32 Å². The standard InChI is InChI=1S/C13H14F2N2O4/c1-19-8-5-9(16-6-8)12(18)17-7-2-3-10-11(4-7)21-13(14,15)20-10/h2-4,8-9,16H,5-6H2,1H3,(H,17,18). The van der Waals surface area contributed by atoms with Gasteiger partial charge in [0.1, 0.15) is 0 Å². The first-order valence-electron chi connectivity index (χ1n) is 6.44. The second-order valence-electron chi connectivity index (χ2n) is 4.87. The molecule has 2 heterocycles. The first-order chi connectivity index (χ1) is 9.97. The molecule has 1 amide bonds. The van der Waals surface area contributed by atoms with Gasteiger partial charge in [0.25, 0.3) is 0 Å². The van der Waals surface area contributed by atoms with Crippen molar-refractivity contribution in [2.24, 2.45) is 0 Å². The van der Waals surface area contributed by atoms with Gasteiger partial charge in [-0.1, -0.05) is 0 Å². The highest BCUT2D eigenvalue weighted by Gasteiger charge is 2.43. The molecule has 1 aromatic rings. The monoisotopic (exact) mass is 300 g/mol. The summed E-state index contributed by atoms with van der Waals surface area (Å²) < 4.78 is 39.6. The molecule has 6 nitrogen and oxygen atoms in total. The van der Waals surface area contributed by atoms with Crippen molar-refractivity contribution in [3.05, 3.63) is 18.2 Å². The van der Waals surface area contributed by atoms with E-state index in [1.807, 2.05) is 0 Å². The minimum Gasteiger partial charge on any atom is -0.395 e. The Bertz CT molecular complexity index is 567. The fourth-order valence-electron chi connectivity index (χ4n) is 2.34. The number of carbonyl (C=O) groups excluding carboxylic acids is 1. The number of ether oxygens (including phenoxy) is 3. The van der Waals surface area contributed by atoms with Gasteiger partial charge in [0.15, 0.2) is 11.5 Å². The fraction of sp³-hybridized carbons (Fsp3) is 0.462. The van der Waals surface area contributed by atoms with E-state index in [9.17, 15) is 13.6 Å². The number of rotatable bonds is 3. The predicted molar refractivity (Wildman–Crippen MR) is 68.5 cm³/mol. The van der Waals surface area contributed by atoms with Gasteiger partial charge in [-0.25, -0.2) is 0 Å². The van der Waals surface area contributed by atoms with E-state index < -0.39 is 6.29 Å². The third-order valence-electron chi connectivity index (χ3n) is 3.41.